The van der Waals surface area contributed by atoms with Gasteiger partial charge >= 0.3 is 0 Å². The number of nitrogens with zero attached hydrogens (tertiary/aromatic N) is 1. The summed E-state index contributed by atoms with van der Waals surface area (Å²) in [6.45, 7) is 0.820. The van der Waals surface area contributed by atoms with Crippen molar-refractivity contribution in [3.8, 4) is 0 Å². The van der Waals surface area contributed by atoms with E-state index in [0.717, 1.165) is 41.9 Å². The molecule has 2 aliphatic carbocycles. The SMILES string of the molecule is Nc1ccc2c(c1)N(C(=O)CC1CC3CCC1C3)CCS2. The molecule has 1 aliphatic heterocycles. The minimum atomic E-state index is 0.305. The van der Waals surface area contributed by atoms with E-state index in [4.69, 9.17) is 5.73 Å². The highest BCUT2D eigenvalue weighted by atomic mass is 32.2. The Kier molecular flexibility index (Phi) is 3.37. The first kappa shape index (κ1) is 13.5. The van der Waals surface area contributed by atoms with Gasteiger partial charge in [-0.25, -0.2) is 0 Å². The minimum Gasteiger partial charge on any atom is -0.399 e. The molecule has 0 aromatic heterocycles. The van der Waals surface area contributed by atoms with E-state index in [0.29, 0.717) is 11.8 Å². The lowest BCUT2D eigenvalue weighted by Crippen LogP contribution is -2.37. The lowest BCUT2D eigenvalue weighted by Gasteiger charge is -2.31. The molecule has 0 spiro atoms. The van der Waals surface area contributed by atoms with Crippen LogP contribution in [0.1, 0.15) is 32.1 Å². The topological polar surface area (TPSA) is 46.3 Å². The molecule has 2 N–H and O–H groups in total. The zero-order chi connectivity index (χ0) is 14.4. The van der Waals surface area contributed by atoms with E-state index in [2.05, 4.69) is 0 Å². The number of fused-ring (bicyclic) bond motifs is 3. The van der Waals surface area contributed by atoms with Crippen LogP contribution in [0.5, 0.6) is 0 Å². The Balaban J connectivity index is 1.52. The number of hydrogen-bond acceptors (Lipinski definition) is 3. The van der Waals surface area contributed by atoms with Crippen molar-refractivity contribution in [2.45, 2.75) is 37.0 Å². The number of rotatable bonds is 2. The summed E-state index contributed by atoms with van der Waals surface area (Å²) in [6.07, 6.45) is 6.14. The molecular formula is C17H22N2OS. The number of carbonyl (C=O) groups is 1. The molecule has 1 aromatic carbocycles. The third-order valence-corrected chi connectivity index (χ3v) is 6.51. The Morgan fingerprint density at radius 1 is 1.33 bits per heavy atom. The maximum atomic E-state index is 12.8. The monoisotopic (exact) mass is 302 g/mol. The number of nitrogen functional groups attached to an aromatic ring is 1. The molecule has 2 fully saturated rings. The van der Waals surface area contributed by atoms with Crippen LogP contribution < -0.4 is 10.6 Å². The van der Waals surface area contributed by atoms with Crippen molar-refractivity contribution in [2.24, 2.45) is 17.8 Å². The highest BCUT2D eigenvalue weighted by Crippen LogP contribution is 2.50. The van der Waals surface area contributed by atoms with E-state index in [9.17, 15) is 4.79 Å². The van der Waals surface area contributed by atoms with Gasteiger partial charge in [0.1, 0.15) is 0 Å². The van der Waals surface area contributed by atoms with Crippen molar-refractivity contribution in [1.29, 1.82) is 0 Å². The van der Waals surface area contributed by atoms with Crippen LogP contribution in [0.3, 0.4) is 0 Å². The number of nitrogens with two attached hydrogens (primary N) is 1. The molecule has 0 saturated heterocycles. The number of carbonyl (C=O) groups excluding carboxylic acids is 1. The third-order valence-electron chi connectivity index (χ3n) is 5.47. The molecule has 2 saturated carbocycles. The van der Waals surface area contributed by atoms with Gasteiger partial charge in [0.2, 0.25) is 5.91 Å². The van der Waals surface area contributed by atoms with E-state index in [1.54, 1.807) is 0 Å². The summed E-state index contributed by atoms with van der Waals surface area (Å²) >= 11 is 1.82. The zero-order valence-electron chi connectivity index (χ0n) is 12.3. The smallest absolute Gasteiger partial charge is 0.227 e. The maximum absolute atomic E-state index is 12.8. The van der Waals surface area contributed by atoms with E-state index < -0.39 is 0 Å². The van der Waals surface area contributed by atoms with Gasteiger partial charge in [0.15, 0.2) is 0 Å². The van der Waals surface area contributed by atoms with Crippen LogP contribution in [-0.4, -0.2) is 18.2 Å². The third kappa shape index (κ3) is 2.44. The maximum Gasteiger partial charge on any atom is 0.227 e. The van der Waals surface area contributed by atoms with Crippen LogP contribution in [0.15, 0.2) is 23.1 Å². The quantitative estimate of drug-likeness (QED) is 0.850. The molecule has 1 aromatic rings. The van der Waals surface area contributed by atoms with E-state index in [1.807, 2.05) is 34.9 Å². The first-order valence-electron chi connectivity index (χ1n) is 8.03. The number of thioether (sulfide) groups is 1. The van der Waals surface area contributed by atoms with Gasteiger partial charge in [0.05, 0.1) is 5.69 Å². The fourth-order valence-electron chi connectivity index (χ4n) is 4.45. The number of amides is 1. The van der Waals surface area contributed by atoms with Crippen LogP contribution in [0.25, 0.3) is 0 Å². The van der Waals surface area contributed by atoms with E-state index in [1.165, 1.54) is 30.6 Å². The molecule has 3 aliphatic rings. The van der Waals surface area contributed by atoms with Crippen LogP contribution in [-0.2, 0) is 4.79 Å². The number of benzene rings is 1. The van der Waals surface area contributed by atoms with Crippen molar-refractivity contribution < 1.29 is 4.79 Å². The lowest BCUT2D eigenvalue weighted by atomic mass is 9.86. The summed E-state index contributed by atoms with van der Waals surface area (Å²) in [5, 5.41) is 0. The molecule has 1 heterocycles. The van der Waals surface area contributed by atoms with Crippen molar-refractivity contribution >= 4 is 29.0 Å². The second-order valence-electron chi connectivity index (χ2n) is 6.76. The van der Waals surface area contributed by atoms with Gasteiger partial charge in [0, 0.05) is 29.3 Å². The van der Waals surface area contributed by atoms with Crippen molar-refractivity contribution in [1.82, 2.24) is 0 Å². The average molecular weight is 302 g/mol. The zero-order valence-corrected chi connectivity index (χ0v) is 13.1. The van der Waals surface area contributed by atoms with Gasteiger partial charge < -0.3 is 10.6 Å². The standard InChI is InChI=1S/C17H22N2OS/c18-14-3-4-16-15(10-14)19(5-6-21-16)17(20)9-13-8-11-1-2-12(13)7-11/h3-4,10-13H,1-2,5-9,18H2. The Labute approximate surface area is 130 Å². The predicted octanol–water partition coefficient (Wildman–Crippen LogP) is 3.53. The van der Waals surface area contributed by atoms with Gasteiger partial charge in [-0.3, -0.25) is 4.79 Å². The molecule has 1 amide bonds. The summed E-state index contributed by atoms with van der Waals surface area (Å²) in [5.41, 5.74) is 7.68. The van der Waals surface area contributed by atoms with Crippen LogP contribution in [0, 0.1) is 17.8 Å². The van der Waals surface area contributed by atoms with Gasteiger partial charge in [0.25, 0.3) is 0 Å². The van der Waals surface area contributed by atoms with Gasteiger partial charge in [-0.05, 0) is 55.2 Å². The van der Waals surface area contributed by atoms with Crippen LogP contribution >= 0.6 is 11.8 Å². The summed E-state index contributed by atoms with van der Waals surface area (Å²) in [4.78, 5) is 16.0. The molecule has 2 bridgehead atoms. The fourth-order valence-corrected chi connectivity index (χ4v) is 5.43. The largest absolute Gasteiger partial charge is 0.399 e. The second-order valence-corrected chi connectivity index (χ2v) is 7.90. The molecule has 112 valence electrons. The summed E-state index contributed by atoms with van der Waals surface area (Å²) < 4.78 is 0. The normalized spacial score (nSPS) is 30.5. The Morgan fingerprint density at radius 2 is 2.24 bits per heavy atom. The van der Waals surface area contributed by atoms with Gasteiger partial charge in [-0.2, -0.15) is 0 Å². The van der Waals surface area contributed by atoms with E-state index >= 15 is 0 Å². The van der Waals surface area contributed by atoms with Gasteiger partial charge in [-0.15, -0.1) is 11.8 Å². The second kappa shape index (κ2) is 5.24. The first-order valence-corrected chi connectivity index (χ1v) is 9.02. The predicted molar refractivity (Wildman–Crippen MR) is 87.5 cm³/mol. The van der Waals surface area contributed by atoms with Crippen molar-refractivity contribution in [3.63, 3.8) is 0 Å². The molecule has 21 heavy (non-hydrogen) atoms. The molecule has 3 atom stereocenters. The Hall–Kier alpha value is -1.16. The molecule has 4 heteroatoms. The van der Waals surface area contributed by atoms with Crippen molar-refractivity contribution in [3.05, 3.63) is 18.2 Å². The molecule has 3 nitrogen and oxygen atoms in total. The van der Waals surface area contributed by atoms with Crippen LogP contribution in [0.4, 0.5) is 11.4 Å². The number of anilines is 2. The molecule has 4 rings (SSSR count). The number of hydrogen-bond donors (Lipinski definition) is 1. The Bertz CT molecular complexity index is 574. The molecule has 0 radical (unpaired) electrons. The first-order chi connectivity index (χ1) is 10.2. The Morgan fingerprint density at radius 3 is 3.00 bits per heavy atom. The minimum absolute atomic E-state index is 0.305. The van der Waals surface area contributed by atoms with E-state index in [-0.39, 0.29) is 0 Å². The van der Waals surface area contributed by atoms with Crippen molar-refractivity contribution in [2.75, 3.05) is 22.9 Å². The summed E-state index contributed by atoms with van der Waals surface area (Å²) in [5.74, 6) is 3.65. The highest BCUT2D eigenvalue weighted by molar-refractivity contribution is 7.99. The lowest BCUT2D eigenvalue weighted by molar-refractivity contribution is -0.119. The van der Waals surface area contributed by atoms with Crippen LogP contribution in [0.2, 0.25) is 0 Å². The molecular weight excluding hydrogens is 280 g/mol. The summed E-state index contributed by atoms with van der Waals surface area (Å²) in [6, 6.07) is 5.93. The molecule has 3 unspecified atom stereocenters. The van der Waals surface area contributed by atoms with Gasteiger partial charge in [-0.1, -0.05) is 6.42 Å². The fraction of sp³-hybridized carbons (Fsp3) is 0.588. The summed E-state index contributed by atoms with van der Waals surface area (Å²) in [7, 11) is 0. The average Bonchev–Trinajstić information content (AvgIpc) is 3.09. The highest BCUT2D eigenvalue weighted by Gasteiger charge is 2.41.